The SMILES string of the molecule is COC(=O)C1CCN(Cc2ccc(Cl)nn2)C1. The summed E-state index contributed by atoms with van der Waals surface area (Å²) in [6, 6.07) is 3.57. The average Bonchev–Trinajstić information content (AvgIpc) is 2.80. The molecular weight excluding hydrogens is 242 g/mol. The zero-order valence-corrected chi connectivity index (χ0v) is 10.4. The van der Waals surface area contributed by atoms with Crippen LogP contribution in [0.3, 0.4) is 0 Å². The van der Waals surface area contributed by atoms with Crippen LogP contribution in [0.4, 0.5) is 0 Å². The maximum absolute atomic E-state index is 11.4. The largest absolute Gasteiger partial charge is 0.469 e. The highest BCUT2D eigenvalue weighted by molar-refractivity contribution is 6.29. The van der Waals surface area contributed by atoms with E-state index in [4.69, 9.17) is 16.3 Å². The Labute approximate surface area is 105 Å². The van der Waals surface area contributed by atoms with Crippen LogP contribution in [-0.4, -0.2) is 41.3 Å². The first-order chi connectivity index (χ1) is 8.19. The second-order valence-electron chi connectivity index (χ2n) is 4.09. The Balaban J connectivity index is 1.89. The van der Waals surface area contributed by atoms with Gasteiger partial charge in [0.2, 0.25) is 0 Å². The smallest absolute Gasteiger partial charge is 0.310 e. The van der Waals surface area contributed by atoms with Crippen LogP contribution in [0.25, 0.3) is 0 Å². The summed E-state index contributed by atoms with van der Waals surface area (Å²) >= 11 is 5.66. The van der Waals surface area contributed by atoms with Gasteiger partial charge in [-0.05, 0) is 25.1 Å². The number of hydrogen-bond donors (Lipinski definition) is 0. The molecule has 5 nitrogen and oxygen atoms in total. The molecule has 2 rings (SSSR count). The predicted octanol–water partition coefficient (Wildman–Crippen LogP) is 1.12. The standard InChI is InChI=1S/C11H14ClN3O2/c1-17-11(16)8-4-5-15(6-8)7-9-2-3-10(12)14-13-9/h2-3,8H,4-7H2,1H3. The first kappa shape index (κ1) is 12.3. The predicted molar refractivity (Wildman–Crippen MR) is 62.4 cm³/mol. The lowest BCUT2D eigenvalue weighted by atomic mass is 10.1. The fourth-order valence-corrected chi connectivity index (χ4v) is 2.09. The summed E-state index contributed by atoms with van der Waals surface area (Å²) in [5.41, 5.74) is 0.861. The summed E-state index contributed by atoms with van der Waals surface area (Å²) < 4.78 is 4.74. The van der Waals surface area contributed by atoms with Crippen molar-refractivity contribution in [1.29, 1.82) is 0 Å². The van der Waals surface area contributed by atoms with Crippen LogP contribution in [0.15, 0.2) is 12.1 Å². The van der Waals surface area contributed by atoms with E-state index in [1.54, 1.807) is 6.07 Å². The summed E-state index contributed by atoms with van der Waals surface area (Å²) in [6.45, 7) is 2.29. The first-order valence-electron chi connectivity index (χ1n) is 5.47. The van der Waals surface area contributed by atoms with Gasteiger partial charge in [-0.3, -0.25) is 9.69 Å². The minimum Gasteiger partial charge on any atom is -0.469 e. The molecule has 17 heavy (non-hydrogen) atoms. The molecule has 1 aromatic heterocycles. The van der Waals surface area contributed by atoms with Crippen molar-refractivity contribution >= 4 is 17.6 Å². The summed E-state index contributed by atoms with van der Waals surface area (Å²) in [7, 11) is 1.43. The monoisotopic (exact) mass is 255 g/mol. The molecule has 0 amide bonds. The van der Waals surface area contributed by atoms with Crippen LogP contribution in [0.5, 0.6) is 0 Å². The molecule has 1 saturated heterocycles. The van der Waals surface area contributed by atoms with Gasteiger partial charge in [-0.25, -0.2) is 0 Å². The Morgan fingerprint density at radius 1 is 1.59 bits per heavy atom. The molecular formula is C11H14ClN3O2. The van der Waals surface area contributed by atoms with Gasteiger partial charge in [0.1, 0.15) is 0 Å². The van der Waals surface area contributed by atoms with Gasteiger partial charge in [-0.1, -0.05) is 11.6 Å². The second kappa shape index (κ2) is 5.42. The molecule has 0 bridgehead atoms. The van der Waals surface area contributed by atoms with E-state index in [-0.39, 0.29) is 11.9 Å². The molecule has 2 heterocycles. The van der Waals surface area contributed by atoms with Crippen LogP contribution in [0.1, 0.15) is 12.1 Å². The summed E-state index contributed by atoms with van der Waals surface area (Å²) in [4.78, 5) is 13.5. The lowest BCUT2D eigenvalue weighted by molar-refractivity contribution is -0.144. The number of aromatic nitrogens is 2. The van der Waals surface area contributed by atoms with E-state index >= 15 is 0 Å². The zero-order chi connectivity index (χ0) is 12.3. The molecule has 1 aliphatic heterocycles. The number of ether oxygens (including phenoxy) is 1. The van der Waals surface area contributed by atoms with E-state index in [1.807, 2.05) is 6.07 Å². The van der Waals surface area contributed by atoms with Crippen LogP contribution in [0, 0.1) is 5.92 Å². The third kappa shape index (κ3) is 3.14. The number of methoxy groups -OCH3 is 1. The molecule has 0 spiro atoms. The highest BCUT2D eigenvalue weighted by atomic mass is 35.5. The van der Waals surface area contributed by atoms with Gasteiger partial charge in [0.15, 0.2) is 5.15 Å². The zero-order valence-electron chi connectivity index (χ0n) is 9.60. The minimum atomic E-state index is -0.130. The number of carbonyl (C=O) groups is 1. The molecule has 1 aromatic rings. The van der Waals surface area contributed by atoms with Crippen molar-refractivity contribution in [2.75, 3.05) is 20.2 Å². The molecule has 0 aliphatic carbocycles. The molecule has 0 saturated carbocycles. The summed E-state index contributed by atoms with van der Waals surface area (Å²) in [5.74, 6) is -0.144. The molecule has 0 radical (unpaired) electrons. The number of halogens is 1. The topological polar surface area (TPSA) is 55.3 Å². The van der Waals surface area contributed by atoms with E-state index < -0.39 is 0 Å². The summed E-state index contributed by atoms with van der Waals surface area (Å²) in [5, 5.41) is 8.17. The Morgan fingerprint density at radius 2 is 2.41 bits per heavy atom. The van der Waals surface area contributed by atoms with Crippen molar-refractivity contribution in [3.63, 3.8) is 0 Å². The number of nitrogens with zero attached hydrogens (tertiary/aromatic N) is 3. The normalized spacial score (nSPS) is 20.5. The van der Waals surface area contributed by atoms with Crippen molar-refractivity contribution in [2.45, 2.75) is 13.0 Å². The number of esters is 1. The van der Waals surface area contributed by atoms with E-state index in [9.17, 15) is 4.79 Å². The van der Waals surface area contributed by atoms with Crippen molar-refractivity contribution in [3.8, 4) is 0 Å². The maximum Gasteiger partial charge on any atom is 0.310 e. The Kier molecular flexibility index (Phi) is 3.91. The third-order valence-corrected chi connectivity index (χ3v) is 3.08. The highest BCUT2D eigenvalue weighted by Gasteiger charge is 2.28. The van der Waals surface area contributed by atoms with Gasteiger partial charge in [0.25, 0.3) is 0 Å². The number of rotatable bonds is 3. The Hall–Kier alpha value is -1.20. The van der Waals surface area contributed by atoms with Gasteiger partial charge in [0.05, 0.1) is 18.7 Å². The highest BCUT2D eigenvalue weighted by Crippen LogP contribution is 2.19. The molecule has 6 heteroatoms. The van der Waals surface area contributed by atoms with Crippen molar-refractivity contribution in [1.82, 2.24) is 15.1 Å². The van der Waals surface area contributed by atoms with Crippen molar-refractivity contribution in [2.24, 2.45) is 5.92 Å². The second-order valence-corrected chi connectivity index (χ2v) is 4.48. The Morgan fingerprint density at radius 3 is 3.06 bits per heavy atom. The lowest BCUT2D eigenvalue weighted by Crippen LogP contribution is -2.24. The van der Waals surface area contributed by atoms with Crippen molar-refractivity contribution < 1.29 is 9.53 Å². The molecule has 0 N–H and O–H groups in total. The third-order valence-electron chi connectivity index (χ3n) is 2.88. The van der Waals surface area contributed by atoms with Gasteiger partial charge in [0, 0.05) is 13.1 Å². The molecule has 1 aliphatic rings. The molecule has 1 atom stereocenters. The maximum atomic E-state index is 11.4. The van der Waals surface area contributed by atoms with Gasteiger partial charge >= 0.3 is 5.97 Å². The average molecular weight is 256 g/mol. The molecule has 1 fully saturated rings. The lowest BCUT2D eigenvalue weighted by Gasteiger charge is -2.14. The fourth-order valence-electron chi connectivity index (χ4n) is 1.99. The fraction of sp³-hybridized carbons (Fsp3) is 0.545. The van der Waals surface area contributed by atoms with E-state index in [2.05, 4.69) is 15.1 Å². The number of likely N-dealkylation sites (tertiary alicyclic amines) is 1. The van der Waals surface area contributed by atoms with Gasteiger partial charge in [-0.2, -0.15) is 5.10 Å². The summed E-state index contributed by atoms with van der Waals surface area (Å²) in [6.07, 6.45) is 0.841. The van der Waals surface area contributed by atoms with Crippen LogP contribution in [0.2, 0.25) is 5.15 Å². The number of carbonyl (C=O) groups excluding carboxylic acids is 1. The van der Waals surface area contributed by atoms with Gasteiger partial charge < -0.3 is 4.74 Å². The Bertz CT molecular complexity index is 396. The van der Waals surface area contributed by atoms with Crippen LogP contribution >= 0.6 is 11.6 Å². The van der Waals surface area contributed by atoms with E-state index in [1.165, 1.54) is 7.11 Å². The number of hydrogen-bond acceptors (Lipinski definition) is 5. The van der Waals surface area contributed by atoms with Crippen molar-refractivity contribution in [3.05, 3.63) is 23.0 Å². The van der Waals surface area contributed by atoms with E-state index in [0.717, 1.165) is 25.2 Å². The van der Waals surface area contributed by atoms with E-state index in [0.29, 0.717) is 11.7 Å². The molecule has 92 valence electrons. The van der Waals surface area contributed by atoms with Crippen LogP contribution < -0.4 is 0 Å². The minimum absolute atomic E-state index is 0.0136. The molecule has 1 unspecified atom stereocenters. The quantitative estimate of drug-likeness (QED) is 0.758. The van der Waals surface area contributed by atoms with Crippen LogP contribution in [-0.2, 0) is 16.1 Å². The molecule has 0 aromatic carbocycles. The van der Waals surface area contributed by atoms with Gasteiger partial charge in [-0.15, -0.1) is 5.10 Å². The first-order valence-corrected chi connectivity index (χ1v) is 5.85.